The smallest absolute Gasteiger partial charge is 0.271 e. The molecule has 0 aromatic carbocycles. The van der Waals surface area contributed by atoms with Crippen molar-refractivity contribution in [3.8, 4) is 11.5 Å². The third-order valence-corrected chi connectivity index (χ3v) is 5.24. The number of rotatable bonds is 4. The molecule has 29 heavy (non-hydrogen) atoms. The van der Waals surface area contributed by atoms with Crippen molar-refractivity contribution in [2.75, 3.05) is 13.1 Å². The predicted molar refractivity (Wildman–Crippen MR) is 109 cm³/mol. The maximum atomic E-state index is 13.4. The number of halogens is 1. The number of imidazole rings is 1. The predicted octanol–water partition coefficient (Wildman–Crippen LogP) is 1.71. The summed E-state index contributed by atoms with van der Waals surface area (Å²) in [5, 5.41) is 0. The van der Waals surface area contributed by atoms with E-state index in [0.717, 1.165) is 12.8 Å². The van der Waals surface area contributed by atoms with E-state index in [1.165, 1.54) is 17.0 Å². The van der Waals surface area contributed by atoms with Crippen molar-refractivity contribution in [2.24, 2.45) is 17.4 Å². The van der Waals surface area contributed by atoms with Gasteiger partial charge in [0, 0.05) is 19.1 Å². The number of primary amides is 1. The van der Waals surface area contributed by atoms with Crippen LogP contribution in [0.15, 0.2) is 35.2 Å². The van der Waals surface area contributed by atoms with Gasteiger partial charge in [-0.25, -0.2) is 9.97 Å². The standard InChI is InChI=1S/C19H22N6O3.ClH/c1-11-4-5-24(12(7-11)9-20)19(27)14-8-13(15-3-2-6-28-15)23-18-16(17(21)26)22-10-25(14)18;/h2-3,6,8,10-12H,4-5,7,9,20H2,1H3,(H2,21,26);1H. The Morgan fingerprint density at radius 1 is 1.38 bits per heavy atom. The Kier molecular flexibility index (Phi) is 5.90. The molecule has 0 saturated carbocycles. The number of hydrogen-bond donors (Lipinski definition) is 2. The highest BCUT2D eigenvalue weighted by Gasteiger charge is 2.31. The Hall–Kier alpha value is -2.91. The zero-order valence-electron chi connectivity index (χ0n) is 15.9. The van der Waals surface area contributed by atoms with Crippen molar-refractivity contribution in [2.45, 2.75) is 25.8 Å². The Morgan fingerprint density at radius 3 is 2.83 bits per heavy atom. The van der Waals surface area contributed by atoms with Crippen molar-refractivity contribution in [1.82, 2.24) is 19.3 Å². The highest BCUT2D eigenvalue weighted by atomic mass is 35.5. The molecule has 2 amide bonds. The quantitative estimate of drug-likeness (QED) is 0.662. The molecule has 9 nitrogen and oxygen atoms in total. The highest BCUT2D eigenvalue weighted by Crippen LogP contribution is 2.26. The zero-order chi connectivity index (χ0) is 19.8. The lowest BCUT2D eigenvalue weighted by molar-refractivity contribution is 0.0565. The number of furan rings is 1. The molecular weight excluding hydrogens is 396 g/mol. The maximum Gasteiger partial charge on any atom is 0.271 e. The number of carbonyl (C=O) groups excluding carboxylic acids is 2. The number of fused-ring (bicyclic) bond motifs is 1. The van der Waals surface area contributed by atoms with Gasteiger partial charge in [0.05, 0.1) is 6.26 Å². The normalized spacial score (nSPS) is 19.2. The van der Waals surface area contributed by atoms with Gasteiger partial charge < -0.3 is 20.8 Å². The van der Waals surface area contributed by atoms with Gasteiger partial charge in [-0.15, -0.1) is 12.4 Å². The van der Waals surface area contributed by atoms with Gasteiger partial charge in [-0.05, 0) is 37.0 Å². The van der Waals surface area contributed by atoms with Crippen molar-refractivity contribution < 1.29 is 14.0 Å². The molecule has 154 valence electrons. The van der Waals surface area contributed by atoms with Crippen molar-refractivity contribution in [1.29, 1.82) is 0 Å². The van der Waals surface area contributed by atoms with E-state index in [9.17, 15) is 9.59 Å². The van der Waals surface area contributed by atoms with Crippen LogP contribution in [0.4, 0.5) is 0 Å². The van der Waals surface area contributed by atoms with E-state index in [2.05, 4.69) is 16.9 Å². The number of amides is 2. The molecule has 0 spiro atoms. The third kappa shape index (κ3) is 3.70. The molecule has 10 heteroatoms. The Balaban J connectivity index is 0.00000240. The van der Waals surface area contributed by atoms with E-state index in [1.54, 1.807) is 23.1 Å². The fourth-order valence-electron chi connectivity index (χ4n) is 3.75. The number of piperidine rings is 1. The molecule has 1 saturated heterocycles. The zero-order valence-corrected chi connectivity index (χ0v) is 16.8. The second-order valence-electron chi connectivity index (χ2n) is 7.17. The van der Waals surface area contributed by atoms with Gasteiger partial charge in [-0.3, -0.25) is 14.0 Å². The van der Waals surface area contributed by atoms with E-state index >= 15 is 0 Å². The molecule has 0 bridgehead atoms. The molecule has 2 unspecified atom stereocenters. The molecule has 4 heterocycles. The van der Waals surface area contributed by atoms with Crippen LogP contribution in [0.2, 0.25) is 0 Å². The first-order chi connectivity index (χ1) is 13.5. The third-order valence-electron chi connectivity index (χ3n) is 5.24. The second-order valence-corrected chi connectivity index (χ2v) is 7.17. The fourth-order valence-corrected chi connectivity index (χ4v) is 3.75. The minimum absolute atomic E-state index is 0. The van der Waals surface area contributed by atoms with E-state index in [0.29, 0.717) is 36.2 Å². The lowest BCUT2D eigenvalue weighted by Crippen LogP contribution is -2.49. The summed E-state index contributed by atoms with van der Waals surface area (Å²) < 4.78 is 6.93. The number of aromatic nitrogens is 3. The Labute approximate surface area is 173 Å². The molecule has 2 atom stereocenters. The van der Waals surface area contributed by atoms with Gasteiger partial charge in [0.2, 0.25) is 0 Å². The van der Waals surface area contributed by atoms with Gasteiger partial charge in [0.15, 0.2) is 17.1 Å². The van der Waals surface area contributed by atoms with Gasteiger partial charge in [-0.2, -0.15) is 0 Å². The Morgan fingerprint density at radius 2 is 2.17 bits per heavy atom. The topological polar surface area (TPSA) is 133 Å². The van der Waals surface area contributed by atoms with Crippen LogP contribution in [0.25, 0.3) is 17.1 Å². The summed E-state index contributed by atoms with van der Waals surface area (Å²) in [5.74, 6) is 0.104. The average Bonchev–Trinajstić information content (AvgIpc) is 3.36. The molecule has 3 aromatic heterocycles. The molecule has 1 fully saturated rings. The molecule has 1 aliphatic rings. The first-order valence-electron chi connectivity index (χ1n) is 9.22. The highest BCUT2D eigenvalue weighted by molar-refractivity contribution is 5.99. The number of likely N-dealkylation sites (tertiary alicyclic amines) is 1. The van der Waals surface area contributed by atoms with Crippen LogP contribution >= 0.6 is 12.4 Å². The van der Waals surface area contributed by atoms with E-state index in [4.69, 9.17) is 15.9 Å². The monoisotopic (exact) mass is 418 g/mol. The summed E-state index contributed by atoms with van der Waals surface area (Å²) in [6.45, 7) is 3.18. The number of carbonyl (C=O) groups is 2. The first-order valence-corrected chi connectivity index (χ1v) is 9.22. The molecule has 3 aromatic rings. The number of nitrogens with zero attached hydrogens (tertiary/aromatic N) is 4. The van der Waals surface area contributed by atoms with Crippen LogP contribution in [0.1, 0.15) is 40.7 Å². The lowest BCUT2D eigenvalue weighted by atomic mass is 9.92. The van der Waals surface area contributed by atoms with Crippen molar-refractivity contribution >= 4 is 29.9 Å². The van der Waals surface area contributed by atoms with Crippen LogP contribution in [-0.4, -0.2) is 50.2 Å². The lowest BCUT2D eigenvalue weighted by Gasteiger charge is -2.38. The summed E-state index contributed by atoms with van der Waals surface area (Å²) in [6, 6.07) is 5.07. The largest absolute Gasteiger partial charge is 0.463 e. The minimum atomic E-state index is -0.711. The second kappa shape index (κ2) is 8.22. The molecular formula is C19H23ClN6O3. The molecule has 1 aliphatic heterocycles. The maximum absolute atomic E-state index is 13.4. The summed E-state index contributed by atoms with van der Waals surface area (Å²) in [4.78, 5) is 35.5. The molecule has 0 aliphatic carbocycles. The fraction of sp³-hybridized carbons (Fsp3) is 0.368. The van der Waals surface area contributed by atoms with Gasteiger partial charge in [0.25, 0.3) is 11.8 Å². The van der Waals surface area contributed by atoms with Gasteiger partial charge in [-0.1, -0.05) is 6.92 Å². The van der Waals surface area contributed by atoms with Crippen molar-refractivity contribution in [3.05, 3.63) is 42.2 Å². The SMILES string of the molecule is CC1CCN(C(=O)c2cc(-c3ccco3)nc3c(C(N)=O)ncn23)C(CN)C1.Cl. The van der Waals surface area contributed by atoms with Gasteiger partial charge in [0.1, 0.15) is 17.7 Å². The average molecular weight is 419 g/mol. The van der Waals surface area contributed by atoms with Crippen molar-refractivity contribution in [3.63, 3.8) is 0 Å². The Bertz CT molecular complexity index is 1030. The van der Waals surface area contributed by atoms with E-state index in [1.807, 2.05) is 0 Å². The minimum Gasteiger partial charge on any atom is -0.463 e. The summed E-state index contributed by atoms with van der Waals surface area (Å²) in [6.07, 6.45) is 4.69. The van der Waals surface area contributed by atoms with Crippen LogP contribution in [0, 0.1) is 5.92 Å². The number of hydrogen-bond acceptors (Lipinski definition) is 6. The van der Waals surface area contributed by atoms with Crippen LogP contribution in [-0.2, 0) is 0 Å². The van der Waals surface area contributed by atoms with Crippen LogP contribution < -0.4 is 11.5 Å². The van der Waals surface area contributed by atoms with Crippen LogP contribution in [0.5, 0.6) is 0 Å². The van der Waals surface area contributed by atoms with E-state index < -0.39 is 5.91 Å². The summed E-state index contributed by atoms with van der Waals surface area (Å²) >= 11 is 0. The van der Waals surface area contributed by atoms with E-state index in [-0.39, 0.29) is 35.7 Å². The van der Waals surface area contributed by atoms with Crippen LogP contribution in [0.3, 0.4) is 0 Å². The summed E-state index contributed by atoms with van der Waals surface area (Å²) in [5.41, 5.74) is 12.4. The first kappa shape index (κ1) is 20.8. The van der Waals surface area contributed by atoms with Gasteiger partial charge >= 0.3 is 0 Å². The molecule has 4 rings (SSSR count). The number of nitrogens with two attached hydrogens (primary N) is 2. The summed E-state index contributed by atoms with van der Waals surface area (Å²) in [7, 11) is 0. The molecule has 0 radical (unpaired) electrons. The molecule has 4 N–H and O–H groups in total.